The molecule has 0 aliphatic carbocycles. The van der Waals surface area contributed by atoms with Crippen molar-refractivity contribution in [1.82, 2.24) is 4.23 Å². The highest BCUT2D eigenvalue weighted by Crippen LogP contribution is 2.23. The molecule has 1 nitrogen and oxygen atoms in total. The number of allylic oxidation sites excluding steroid dienone is 1. The molecule has 0 aromatic heterocycles. The van der Waals surface area contributed by atoms with E-state index < -0.39 is 16.5 Å². The van der Waals surface area contributed by atoms with Gasteiger partial charge in [-0.15, -0.1) is 13.2 Å². The molecule has 0 amide bonds. The van der Waals surface area contributed by atoms with E-state index in [1.54, 1.807) is 0 Å². The Morgan fingerprint density at radius 3 is 1.69 bits per heavy atom. The number of nitrogens with zero attached hydrogens (tertiary/aromatic N) is 1. The Hall–Kier alpha value is -0.126. The molecule has 13 heavy (non-hydrogen) atoms. The molecule has 0 aliphatic rings. The van der Waals surface area contributed by atoms with Crippen LogP contribution in [-0.4, -0.2) is 27.7 Å². The molecule has 0 aromatic carbocycles. The molecule has 0 spiro atoms. The van der Waals surface area contributed by atoms with Gasteiger partial charge in [-0.05, 0) is 20.5 Å². The lowest BCUT2D eigenvalue weighted by molar-refractivity contribution is 0.766. The molecular formula is C10H23NSi2. The topological polar surface area (TPSA) is 3.24 Å². The second-order valence-corrected chi connectivity index (χ2v) is 14.5. The molecule has 0 radical (unpaired) electrons. The van der Waals surface area contributed by atoms with Crippen LogP contribution in [-0.2, 0) is 0 Å². The first-order valence-electron chi connectivity index (χ1n) is 4.69. The maximum absolute atomic E-state index is 4.10. The molecule has 76 valence electrons. The highest BCUT2D eigenvalue weighted by molar-refractivity contribution is 6.96. The summed E-state index contributed by atoms with van der Waals surface area (Å²) in [5.74, 6) is 0. The largest absolute Gasteiger partial charge is 0.342 e. The summed E-state index contributed by atoms with van der Waals surface area (Å²) < 4.78 is 2.56. The van der Waals surface area contributed by atoms with Crippen molar-refractivity contribution in [3.05, 3.63) is 24.1 Å². The van der Waals surface area contributed by atoms with Crippen molar-refractivity contribution in [1.29, 1.82) is 0 Å². The van der Waals surface area contributed by atoms with E-state index in [2.05, 4.69) is 63.2 Å². The molecule has 0 bridgehead atoms. The lowest BCUT2D eigenvalue weighted by atomic mass is 10.8. The quantitative estimate of drug-likeness (QED) is 0.649. The summed E-state index contributed by atoms with van der Waals surface area (Å²) in [7, 11) is -0.561. The Balaban J connectivity index is 4.99. The Bertz CT molecular complexity index is 217. The number of hydrogen-bond donors (Lipinski definition) is 0. The molecule has 0 N–H and O–H groups in total. The van der Waals surface area contributed by atoms with Gasteiger partial charge in [-0.3, -0.25) is 0 Å². The monoisotopic (exact) mass is 213 g/mol. The Labute approximate surface area is 85.3 Å². The zero-order valence-electron chi connectivity index (χ0n) is 9.94. The van der Waals surface area contributed by atoms with Crippen molar-refractivity contribution >= 4 is 16.5 Å². The predicted molar refractivity (Wildman–Crippen MR) is 67.7 cm³/mol. The van der Waals surface area contributed by atoms with Gasteiger partial charge in [0.05, 0.1) is 0 Å². The average Bonchev–Trinajstić information content (AvgIpc) is 1.99. The second kappa shape index (κ2) is 3.94. The van der Waals surface area contributed by atoms with Crippen LogP contribution in [0.2, 0.25) is 26.2 Å². The second-order valence-electron chi connectivity index (χ2n) is 4.86. The van der Waals surface area contributed by atoms with Crippen LogP contribution >= 0.6 is 0 Å². The van der Waals surface area contributed by atoms with E-state index in [-0.39, 0.29) is 0 Å². The van der Waals surface area contributed by atoms with Crippen LogP contribution in [0, 0.1) is 0 Å². The van der Waals surface area contributed by atoms with E-state index in [1.807, 2.05) is 0 Å². The van der Waals surface area contributed by atoms with Crippen LogP contribution in [0.25, 0.3) is 0 Å². The van der Waals surface area contributed by atoms with E-state index in [0.29, 0.717) is 0 Å². The van der Waals surface area contributed by atoms with Gasteiger partial charge < -0.3 is 4.23 Å². The van der Waals surface area contributed by atoms with Crippen LogP contribution in [0.15, 0.2) is 24.1 Å². The van der Waals surface area contributed by atoms with E-state index in [4.69, 9.17) is 0 Å². The molecule has 3 heteroatoms. The van der Waals surface area contributed by atoms with E-state index in [0.717, 1.165) is 0 Å². The molecule has 0 heterocycles. The van der Waals surface area contributed by atoms with Crippen molar-refractivity contribution in [2.24, 2.45) is 0 Å². The number of rotatable bonds is 4. The summed E-state index contributed by atoms with van der Waals surface area (Å²) >= 11 is 0. The van der Waals surface area contributed by atoms with Gasteiger partial charge in [0.15, 0.2) is 8.24 Å². The van der Waals surface area contributed by atoms with Crippen LogP contribution < -0.4 is 0 Å². The van der Waals surface area contributed by atoms with Gasteiger partial charge in [-0.2, -0.15) is 0 Å². The van der Waals surface area contributed by atoms with Crippen molar-refractivity contribution < 1.29 is 0 Å². The molecule has 1 atom stereocenters. The highest BCUT2D eigenvalue weighted by Gasteiger charge is 2.37. The third-order valence-electron chi connectivity index (χ3n) is 2.96. The smallest absolute Gasteiger partial charge is 0.169 e. The van der Waals surface area contributed by atoms with Gasteiger partial charge in [0.1, 0.15) is 8.24 Å². The average molecular weight is 213 g/mol. The summed E-state index contributed by atoms with van der Waals surface area (Å²) in [6, 6.07) is 0. The third kappa shape index (κ3) is 2.66. The Morgan fingerprint density at radius 1 is 1.23 bits per heavy atom. The fourth-order valence-electron chi connectivity index (χ4n) is 1.29. The minimum Gasteiger partial charge on any atom is -0.342 e. The number of hydrogen-bond acceptors (Lipinski definition) is 1. The maximum atomic E-state index is 4.10. The standard InChI is InChI=1S/C10H23NSi2/c1-9-13(8,10(2)3)11(4)12(5,6)7/h9H,1-2H2,3-8H3. The van der Waals surface area contributed by atoms with Gasteiger partial charge in [0, 0.05) is 0 Å². The van der Waals surface area contributed by atoms with Crippen molar-refractivity contribution in [2.45, 2.75) is 33.1 Å². The minimum atomic E-state index is -1.58. The van der Waals surface area contributed by atoms with Crippen LogP contribution in [0.3, 0.4) is 0 Å². The van der Waals surface area contributed by atoms with Crippen molar-refractivity contribution in [3.8, 4) is 0 Å². The SMILES string of the molecule is C=C[Si](C)(C(=C)C)N(C)[Si](C)(C)C. The lowest BCUT2D eigenvalue weighted by Gasteiger charge is -2.43. The molecule has 0 fully saturated rings. The van der Waals surface area contributed by atoms with Gasteiger partial charge in [0.2, 0.25) is 0 Å². The first-order chi connectivity index (χ1) is 5.66. The highest BCUT2D eigenvalue weighted by atomic mass is 28.4. The summed E-state index contributed by atoms with van der Waals surface area (Å²) in [6.07, 6.45) is 0. The van der Waals surface area contributed by atoms with E-state index >= 15 is 0 Å². The van der Waals surface area contributed by atoms with Crippen LogP contribution in [0.4, 0.5) is 0 Å². The van der Waals surface area contributed by atoms with Crippen LogP contribution in [0.5, 0.6) is 0 Å². The Morgan fingerprint density at radius 2 is 1.62 bits per heavy atom. The lowest BCUT2D eigenvalue weighted by Crippen LogP contribution is -2.59. The van der Waals surface area contributed by atoms with Crippen molar-refractivity contribution in [2.75, 3.05) is 7.05 Å². The van der Waals surface area contributed by atoms with Gasteiger partial charge in [0.25, 0.3) is 0 Å². The summed E-state index contributed by atoms with van der Waals surface area (Å²) in [6.45, 7) is 19.6. The van der Waals surface area contributed by atoms with Crippen LogP contribution in [0.1, 0.15) is 6.92 Å². The fraction of sp³-hybridized carbons (Fsp3) is 0.600. The van der Waals surface area contributed by atoms with Gasteiger partial charge >= 0.3 is 0 Å². The molecule has 0 aromatic rings. The summed E-state index contributed by atoms with van der Waals surface area (Å²) in [5, 5.41) is 1.30. The molecule has 1 unspecified atom stereocenters. The molecule has 0 aliphatic heterocycles. The van der Waals surface area contributed by atoms with E-state index in [1.165, 1.54) is 5.20 Å². The van der Waals surface area contributed by atoms with Gasteiger partial charge in [-0.1, -0.05) is 30.5 Å². The molecule has 0 saturated carbocycles. The maximum Gasteiger partial charge on any atom is 0.169 e. The van der Waals surface area contributed by atoms with Crippen molar-refractivity contribution in [3.63, 3.8) is 0 Å². The molecule has 0 rings (SSSR count). The summed E-state index contributed by atoms with van der Waals surface area (Å²) in [5.41, 5.74) is 2.13. The fourth-order valence-corrected chi connectivity index (χ4v) is 8.91. The minimum absolute atomic E-state index is 1.22. The zero-order valence-corrected chi connectivity index (χ0v) is 11.9. The normalized spacial score (nSPS) is 16.8. The van der Waals surface area contributed by atoms with Gasteiger partial charge in [-0.25, -0.2) is 0 Å². The zero-order chi connectivity index (χ0) is 10.9. The predicted octanol–water partition coefficient (Wildman–Crippen LogP) is 3.17. The molecular weight excluding hydrogens is 190 g/mol. The Kier molecular flexibility index (Phi) is 3.90. The first kappa shape index (κ1) is 12.9. The first-order valence-corrected chi connectivity index (χ1v) is 10.7. The summed E-state index contributed by atoms with van der Waals surface area (Å²) in [4.78, 5) is 0. The third-order valence-corrected chi connectivity index (χ3v) is 12.3. The molecule has 0 saturated heterocycles. The van der Waals surface area contributed by atoms with E-state index in [9.17, 15) is 0 Å².